The van der Waals surface area contributed by atoms with Crippen molar-refractivity contribution in [3.63, 3.8) is 0 Å². The Balaban J connectivity index is 2.35. The Morgan fingerprint density at radius 1 is 1.00 bits per heavy atom. The minimum absolute atomic E-state index is 0.0136. The lowest BCUT2D eigenvalue weighted by Gasteiger charge is -1.99. The van der Waals surface area contributed by atoms with Gasteiger partial charge in [-0.1, -0.05) is 30.0 Å². The van der Waals surface area contributed by atoms with Crippen LogP contribution >= 0.6 is 0 Å². The van der Waals surface area contributed by atoms with Crippen LogP contribution < -0.4 is 0 Å². The molecule has 0 unspecified atom stereocenters. The standard InChI is InChI=1S/C16H10O3/c17-11-14-10-13(8-9-15(14)16(18)19)7-6-12-4-2-1-3-5-12/h1-5,8-11H,(H,18,19). The fourth-order valence-electron chi connectivity index (χ4n) is 1.60. The average Bonchev–Trinajstić information content (AvgIpc) is 2.45. The van der Waals surface area contributed by atoms with Gasteiger partial charge in [-0.15, -0.1) is 0 Å². The third-order valence-corrected chi connectivity index (χ3v) is 2.53. The van der Waals surface area contributed by atoms with E-state index in [4.69, 9.17) is 5.11 Å². The molecule has 1 N–H and O–H groups in total. The van der Waals surface area contributed by atoms with Gasteiger partial charge in [0.15, 0.2) is 6.29 Å². The molecule has 0 amide bonds. The number of aldehydes is 1. The highest BCUT2D eigenvalue weighted by molar-refractivity contribution is 5.97. The van der Waals surface area contributed by atoms with Crippen molar-refractivity contribution in [3.8, 4) is 11.8 Å². The van der Waals surface area contributed by atoms with Gasteiger partial charge in [-0.05, 0) is 30.3 Å². The number of benzene rings is 2. The molecule has 19 heavy (non-hydrogen) atoms. The van der Waals surface area contributed by atoms with Crippen molar-refractivity contribution in [2.24, 2.45) is 0 Å². The van der Waals surface area contributed by atoms with E-state index in [0.717, 1.165) is 5.56 Å². The lowest BCUT2D eigenvalue weighted by atomic mass is 10.0. The summed E-state index contributed by atoms with van der Waals surface area (Å²) in [5.41, 5.74) is 1.58. The Kier molecular flexibility index (Phi) is 3.75. The van der Waals surface area contributed by atoms with Crippen molar-refractivity contribution < 1.29 is 14.7 Å². The van der Waals surface area contributed by atoms with Crippen LogP contribution in [0.2, 0.25) is 0 Å². The highest BCUT2D eigenvalue weighted by Crippen LogP contribution is 2.10. The Morgan fingerprint density at radius 2 is 1.68 bits per heavy atom. The van der Waals surface area contributed by atoms with Gasteiger partial charge in [0.25, 0.3) is 0 Å². The lowest BCUT2D eigenvalue weighted by Crippen LogP contribution is -2.01. The second-order valence-corrected chi connectivity index (χ2v) is 3.84. The number of carbonyl (C=O) groups is 2. The van der Waals surface area contributed by atoms with E-state index < -0.39 is 5.97 Å². The quantitative estimate of drug-likeness (QED) is 0.658. The van der Waals surface area contributed by atoms with E-state index in [1.165, 1.54) is 12.1 Å². The monoisotopic (exact) mass is 250 g/mol. The summed E-state index contributed by atoms with van der Waals surface area (Å²) in [4.78, 5) is 21.7. The molecule has 2 rings (SSSR count). The zero-order chi connectivity index (χ0) is 13.7. The normalized spacial score (nSPS) is 9.26. The molecule has 0 radical (unpaired) electrons. The van der Waals surface area contributed by atoms with Gasteiger partial charge < -0.3 is 5.11 Å². The van der Waals surface area contributed by atoms with Gasteiger partial charge in [-0.25, -0.2) is 4.79 Å². The number of hydrogen-bond donors (Lipinski definition) is 1. The summed E-state index contributed by atoms with van der Waals surface area (Å²) in [7, 11) is 0. The highest BCUT2D eigenvalue weighted by Gasteiger charge is 2.09. The van der Waals surface area contributed by atoms with E-state index in [0.29, 0.717) is 11.8 Å². The van der Waals surface area contributed by atoms with Crippen molar-refractivity contribution in [1.82, 2.24) is 0 Å². The van der Waals surface area contributed by atoms with Crippen LogP contribution in [0.5, 0.6) is 0 Å². The third kappa shape index (κ3) is 3.08. The van der Waals surface area contributed by atoms with Crippen LogP contribution in [-0.2, 0) is 0 Å². The van der Waals surface area contributed by atoms with Gasteiger partial charge >= 0.3 is 5.97 Å². The SMILES string of the molecule is O=Cc1cc(C#Cc2ccccc2)ccc1C(=O)O. The van der Waals surface area contributed by atoms with Gasteiger partial charge in [0.05, 0.1) is 5.56 Å². The van der Waals surface area contributed by atoms with E-state index in [2.05, 4.69) is 11.8 Å². The molecular formula is C16H10O3. The number of aromatic carboxylic acids is 1. The maximum Gasteiger partial charge on any atom is 0.336 e. The first-order chi connectivity index (χ1) is 9.20. The van der Waals surface area contributed by atoms with Gasteiger partial charge in [0, 0.05) is 16.7 Å². The molecule has 0 heterocycles. The Hall–Kier alpha value is -2.86. The maximum absolute atomic E-state index is 10.9. The van der Waals surface area contributed by atoms with Crippen molar-refractivity contribution in [2.45, 2.75) is 0 Å². The third-order valence-electron chi connectivity index (χ3n) is 2.53. The van der Waals surface area contributed by atoms with Gasteiger partial charge in [-0.3, -0.25) is 4.79 Å². The molecule has 92 valence electrons. The molecule has 0 fully saturated rings. The predicted octanol–water partition coefficient (Wildman–Crippen LogP) is 2.60. The van der Waals surface area contributed by atoms with Crippen molar-refractivity contribution in [1.29, 1.82) is 0 Å². The van der Waals surface area contributed by atoms with Crippen LogP contribution in [-0.4, -0.2) is 17.4 Å². The van der Waals surface area contributed by atoms with Crippen LogP contribution in [0, 0.1) is 11.8 Å². The maximum atomic E-state index is 10.9. The number of rotatable bonds is 2. The zero-order valence-corrected chi connectivity index (χ0v) is 9.96. The van der Waals surface area contributed by atoms with Gasteiger partial charge in [0.1, 0.15) is 0 Å². The molecule has 2 aromatic rings. The predicted molar refractivity (Wildman–Crippen MR) is 71.2 cm³/mol. The fourth-order valence-corrected chi connectivity index (χ4v) is 1.60. The number of carboxylic acids is 1. The molecule has 0 aromatic heterocycles. The summed E-state index contributed by atoms with van der Waals surface area (Å²) in [5, 5.41) is 8.90. The molecule has 2 aromatic carbocycles. The second-order valence-electron chi connectivity index (χ2n) is 3.84. The van der Waals surface area contributed by atoms with Crippen LogP contribution in [0.25, 0.3) is 0 Å². The Labute approximate surface area is 110 Å². The summed E-state index contributed by atoms with van der Waals surface area (Å²) in [5.74, 6) is 4.73. The van der Waals surface area contributed by atoms with Crippen molar-refractivity contribution in [2.75, 3.05) is 0 Å². The van der Waals surface area contributed by atoms with Crippen LogP contribution in [0.1, 0.15) is 31.8 Å². The molecule has 0 saturated carbocycles. The molecule has 0 aliphatic heterocycles. The van der Waals surface area contributed by atoms with Gasteiger partial charge in [-0.2, -0.15) is 0 Å². The highest BCUT2D eigenvalue weighted by atomic mass is 16.4. The minimum Gasteiger partial charge on any atom is -0.478 e. The average molecular weight is 250 g/mol. The molecule has 3 nitrogen and oxygen atoms in total. The van der Waals surface area contributed by atoms with Crippen LogP contribution in [0.3, 0.4) is 0 Å². The Morgan fingerprint density at radius 3 is 2.32 bits per heavy atom. The number of carbonyl (C=O) groups excluding carboxylic acids is 1. The fraction of sp³-hybridized carbons (Fsp3) is 0. The summed E-state index contributed by atoms with van der Waals surface area (Å²) >= 11 is 0. The van der Waals surface area contributed by atoms with Crippen LogP contribution in [0.4, 0.5) is 0 Å². The van der Waals surface area contributed by atoms with E-state index in [1.807, 2.05) is 30.3 Å². The van der Waals surface area contributed by atoms with E-state index >= 15 is 0 Å². The van der Waals surface area contributed by atoms with E-state index in [9.17, 15) is 9.59 Å². The molecule has 3 heteroatoms. The first kappa shape index (κ1) is 12.6. The molecule has 0 bridgehead atoms. The van der Waals surface area contributed by atoms with Crippen LogP contribution in [0.15, 0.2) is 48.5 Å². The lowest BCUT2D eigenvalue weighted by molar-refractivity contribution is 0.0694. The largest absolute Gasteiger partial charge is 0.478 e. The van der Waals surface area contributed by atoms with Crippen molar-refractivity contribution >= 4 is 12.3 Å². The molecule has 0 atom stereocenters. The summed E-state index contributed by atoms with van der Waals surface area (Å²) in [6, 6.07) is 13.9. The molecule has 0 spiro atoms. The minimum atomic E-state index is -1.12. The second kappa shape index (κ2) is 5.65. The van der Waals surface area contributed by atoms with E-state index in [-0.39, 0.29) is 11.1 Å². The number of carboxylic acid groups (broad SMARTS) is 1. The topological polar surface area (TPSA) is 54.4 Å². The zero-order valence-electron chi connectivity index (χ0n) is 9.96. The number of hydrogen-bond acceptors (Lipinski definition) is 2. The van der Waals surface area contributed by atoms with E-state index in [1.54, 1.807) is 6.07 Å². The Bertz CT molecular complexity index is 676. The molecule has 0 aliphatic rings. The van der Waals surface area contributed by atoms with Gasteiger partial charge in [0.2, 0.25) is 0 Å². The smallest absolute Gasteiger partial charge is 0.336 e. The molecular weight excluding hydrogens is 240 g/mol. The first-order valence-corrected chi connectivity index (χ1v) is 5.60. The summed E-state index contributed by atoms with van der Waals surface area (Å²) in [6.45, 7) is 0. The summed E-state index contributed by atoms with van der Waals surface area (Å²) in [6.07, 6.45) is 0.525. The molecule has 0 aliphatic carbocycles. The first-order valence-electron chi connectivity index (χ1n) is 5.60. The molecule has 0 saturated heterocycles. The van der Waals surface area contributed by atoms with Crippen molar-refractivity contribution in [3.05, 3.63) is 70.8 Å². The summed E-state index contributed by atoms with van der Waals surface area (Å²) < 4.78 is 0.